The van der Waals surface area contributed by atoms with Gasteiger partial charge in [-0.2, -0.15) is 8.42 Å². The number of hydrogen-bond acceptors (Lipinski definition) is 8. The number of carboxylic acids is 1. The molecule has 0 saturated carbocycles. The lowest BCUT2D eigenvalue weighted by Crippen LogP contribution is -2.26. The molecule has 0 radical (unpaired) electrons. The zero-order chi connectivity index (χ0) is 24.2. The molecule has 5 N–H and O–H groups in total. The Kier molecular flexibility index (Phi) is 7.48. The molecule has 0 unspecified atom stereocenters. The summed E-state index contributed by atoms with van der Waals surface area (Å²) in [6.07, 6.45) is 1.28. The molecule has 0 aliphatic rings. The summed E-state index contributed by atoms with van der Waals surface area (Å²) in [4.78, 5) is 35.8. The number of rotatable bonds is 9. The summed E-state index contributed by atoms with van der Waals surface area (Å²) in [5, 5.41) is 27.4. The fourth-order valence-corrected chi connectivity index (χ4v) is 3.52. The molecule has 0 bridgehead atoms. The minimum Gasteiger partial charge on any atom is -0.494 e. The monoisotopic (exact) mass is 466 g/mol. The maximum absolute atomic E-state index is 12.9. The van der Waals surface area contributed by atoms with Crippen molar-refractivity contribution >= 4 is 33.4 Å². The van der Waals surface area contributed by atoms with Gasteiger partial charge < -0.3 is 15.9 Å². The number of carbonyl (C=O) groups is 2. The second-order valence-corrected chi connectivity index (χ2v) is 8.13. The number of amides is 1. The summed E-state index contributed by atoms with van der Waals surface area (Å²) < 4.78 is 32.6. The molecule has 0 saturated heterocycles. The Balaban J connectivity index is 2.76. The summed E-state index contributed by atoms with van der Waals surface area (Å²) in [5.74, 6) is -3.12. The SMILES string of the molecule is CCCCn1c(O)c(C(N)=O)c(CC)c(N=Nc2ccc(S(=O)(=O)O)cc2C(=O)O)c1=O. The molecule has 0 aliphatic heterocycles. The van der Waals surface area contributed by atoms with E-state index in [1.807, 2.05) is 6.92 Å². The molecule has 13 heteroatoms. The van der Waals surface area contributed by atoms with Gasteiger partial charge in [0.1, 0.15) is 11.3 Å². The van der Waals surface area contributed by atoms with Crippen molar-refractivity contribution in [2.24, 2.45) is 16.0 Å². The Morgan fingerprint density at radius 3 is 2.34 bits per heavy atom. The van der Waals surface area contributed by atoms with Crippen LogP contribution in [0.25, 0.3) is 0 Å². The minimum absolute atomic E-state index is 0.0305. The van der Waals surface area contributed by atoms with Crippen LogP contribution in [-0.4, -0.2) is 39.6 Å². The lowest BCUT2D eigenvalue weighted by molar-refractivity contribution is 0.0697. The smallest absolute Gasteiger partial charge is 0.338 e. The van der Waals surface area contributed by atoms with Gasteiger partial charge in [-0.25, -0.2) is 4.79 Å². The van der Waals surface area contributed by atoms with E-state index in [2.05, 4.69) is 10.2 Å². The number of aromatic nitrogens is 1. The first-order chi connectivity index (χ1) is 14.9. The van der Waals surface area contributed by atoms with E-state index in [9.17, 15) is 33.0 Å². The molecular weight excluding hydrogens is 444 g/mol. The van der Waals surface area contributed by atoms with Crippen LogP contribution in [0.1, 0.15) is 53.0 Å². The van der Waals surface area contributed by atoms with Crippen molar-refractivity contribution in [1.82, 2.24) is 4.57 Å². The van der Waals surface area contributed by atoms with Crippen molar-refractivity contribution in [3.05, 3.63) is 45.2 Å². The maximum Gasteiger partial charge on any atom is 0.338 e. The lowest BCUT2D eigenvalue weighted by Gasteiger charge is -2.15. The Bertz CT molecular complexity index is 1270. The number of pyridine rings is 1. The van der Waals surface area contributed by atoms with Crippen molar-refractivity contribution < 1.29 is 32.8 Å². The van der Waals surface area contributed by atoms with Crippen LogP contribution >= 0.6 is 0 Å². The van der Waals surface area contributed by atoms with E-state index < -0.39 is 43.9 Å². The number of unbranched alkanes of at least 4 members (excludes halogenated alkanes) is 1. The highest BCUT2D eigenvalue weighted by molar-refractivity contribution is 7.85. The van der Waals surface area contributed by atoms with Crippen molar-refractivity contribution in [3.63, 3.8) is 0 Å². The van der Waals surface area contributed by atoms with Crippen LogP contribution in [0, 0.1) is 0 Å². The number of primary amides is 1. The number of carboxylic acid groups (broad SMARTS) is 1. The van der Waals surface area contributed by atoms with E-state index in [1.165, 1.54) is 0 Å². The van der Waals surface area contributed by atoms with E-state index in [4.69, 9.17) is 10.3 Å². The second kappa shape index (κ2) is 9.70. The number of aromatic carboxylic acids is 1. The molecule has 12 nitrogen and oxygen atoms in total. The van der Waals surface area contributed by atoms with E-state index in [0.29, 0.717) is 18.9 Å². The maximum atomic E-state index is 12.9. The summed E-state index contributed by atoms with van der Waals surface area (Å²) in [7, 11) is -4.66. The standard InChI is InChI=1S/C19H22N4O8S/c1-3-5-8-23-17(25)14(16(20)24)11(4-2)15(18(23)26)22-21-13-7-6-10(32(29,30)31)9-12(13)19(27)28/h6-7,9,25H,3-5,8H2,1-2H3,(H2,20,24)(H,27,28)(H,29,30,31). The van der Waals surface area contributed by atoms with Gasteiger partial charge in [0, 0.05) is 12.1 Å². The molecular formula is C19H22N4O8S. The number of azo groups is 1. The molecule has 0 fully saturated rings. The van der Waals surface area contributed by atoms with Crippen molar-refractivity contribution in [2.75, 3.05) is 0 Å². The predicted molar refractivity (Wildman–Crippen MR) is 113 cm³/mol. The molecule has 32 heavy (non-hydrogen) atoms. The zero-order valence-electron chi connectivity index (χ0n) is 17.3. The first-order valence-corrected chi connectivity index (χ1v) is 10.9. The normalized spacial score (nSPS) is 11.7. The first kappa shape index (κ1) is 24.7. The molecule has 172 valence electrons. The van der Waals surface area contributed by atoms with Crippen molar-refractivity contribution in [2.45, 2.75) is 44.6 Å². The van der Waals surface area contributed by atoms with Gasteiger partial charge in [-0.05, 0) is 31.0 Å². The molecule has 1 aromatic carbocycles. The molecule has 0 aliphatic carbocycles. The van der Waals surface area contributed by atoms with Gasteiger partial charge in [0.05, 0.1) is 10.5 Å². The Labute approximate surface area is 182 Å². The Morgan fingerprint density at radius 1 is 1.19 bits per heavy atom. The van der Waals surface area contributed by atoms with Crippen LogP contribution in [0.15, 0.2) is 38.1 Å². The molecule has 1 heterocycles. The number of carbonyl (C=O) groups excluding carboxylic acids is 1. The molecule has 0 spiro atoms. The molecule has 2 aromatic rings. The van der Waals surface area contributed by atoms with E-state index in [0.717, 1.165) is 16.7 Å². The van der Waals surface area contributed by atoms with Crippen LogP contribution in [0.4, 0.5) is 11.4 Å². The first-order valence-electron chi connectivity index (χ1n) is 9.48. The van der Waals surface area contributed by atoms with Gasteiger partial charge in [-0.1, -0.05) is 20.3 Å². The molecule has 2 rings (SSSR count). The van der Waals surface area contributed by atoms with E-state index in [1.54, 1.807) is 6.92 Å². The zero-order valence-corrected chi connectivity index (χ0v) is 18.1. The fourth-order valence-electron chi connectivity index (χ4n) is 3.01. The third-order valence-electron chi connectivity index (χ3n) is 4.60. The Hall–Kier alpha value is -3.58. The quantitative estimate of drug-likeness (QED) is 0.318. The van der Waals surface area contributed by atoms with Crippen LogP contribution in [0.2, 0.25) is 0 Å². The average Bonchev–Trinajstić information content (AvgIpc) is 2.71. The number of nitrogens with two attached hydrogens (primary N) is 1. The highest BCUT2D eigenvalue weighted by atomic mass is 32.2. The summed E-state index contributed by atoms with van der Waals surface area (Å²) in [6.45, 7) is 3.54. The van der Waals surface area contributed by atoms with Gasteiger partial charge >= 0.3 is 5.97 Å². The predicted octanol–water partition coefficient (Wildman–Crippen LogP) is 2.38. The van der Waals surface area contributed by atoms with Crippen molar-refractivity contribution in [3.8, 4) is 5.88 Å². The highest BCUT2D eigenvalue weighted by Gasteiger charge is 2.24. The largest absolute Gasteiger partial charge is 0.494 e. The van der Waals surface area contributed by atoms with Gasteiger partial charge in [0.25, 0.3) is 21.6 Å². The average molecular weight is 466 g/mol. The van der Waals surface area contributed by atoms with Crippen LogP contribution in [0.3, 0.4) is 0 Å². The van der Waals surface area contributed by atoms with Gasteiger partial charge in [-0.15, -0.1) is 10.2 Å². The number of hydrogen-bond donors (Lipinski definition) is 4. The number of aromatic hydroxyl groups is 1. The van der Waals surface area contributed by atoms with E-state index in [-0.39, 0.29) is 35.5 Å². The number of benzene rings is 1. The summed E-state index contributed by atoms with van der Waals surface area (Å²) in [5.41, 5.74) is 3.16. The van der Waals surface area contributed by atoms with Gasteiger partial charge in [0.2, 0.25) is 5.88 Å². The third-order valence-corrected chi connectivity index (χ3v) is 5.45. The van der Waals surface area contributed by atoms with Crippen LogP contribution < -0.4 is 11.3 Å². The summed E-state index contributed by atoms with van der Waals surface area (Å²) >= 11 is 0. The molecule has 1 aromatic heterocycles. The minimum atomic E-state index is -4.66. The topological polar surface area (TPSA) is 202 Å². The fraction of sp³-hybridized carbons (Fsp3) is 0.316. The van der Waals surface area contributed by atoms with Crippen LogP contribution in [-0.2, 0) is 23.1 Å². The van der Waals surface area contributed by atoms with Crippen molar-refractivity contribution in [1.29, 1.82) is 0 Å². The Morgan fingerprint density at radius 2 is 1.84 bits per heavy atom. The van der Waals surface area contributed by atoms with Gasteiger partial charge in [0.15, 0.2) is 5.69 Å². The second-order valence-electron chi connectivity index (χ2n) is 6.71. The molecule has 1 amide bonds. The van der Waals surface area contributed by atoms with Gasteiger partial charge in [-0.3, -0.25) is 18.7 Å². The van der Waals surface area contributed by atoms with E-state index >= 15 is 0 Å². The third kappa shape index (κ3) is 5.00. The molecule has 0 atom stereocenters. The highest BCUT2D eigenvalue weighted by Crippen LogP contribution is 2.30. The number of nitrogens with zero attached hydrogens (tertiary/aromatic N) is 3. The summed E-state index contributed by atoms with van der Waals surface area (Å²) in [6, 6.07) is 2.60. The lowest BCUT2D eigenvalue weighted by atomic mass is 10.0. The van der Waals surface area contributed by atoms with Crippen LogP contribution in [0.5, 0.6) is 5.88 Å².